The summed E-state index contributed by atoms with van der Waals surface area (Å²) in [5.74, 6) is 3.07. The highest BCUT2D eigenvalue weighted by Gasteiger charge is 2.29. The SMILES string of the molecule is CCC1SCCSC1c1nc(Cl)c(Br)c(Cl)n1. The molecule has 0 saturated carbocycles. The van der Waals surface area contributed by atoms with Crippen molar-refractivity contribution in [2.45, 2.75) is 23.8 Å². The van der Waals surface area contributed by atoms with Gasteiger partial charge in [-0.15, -0.1) is 11.8 Å². The lowest BCUT2D eigenvalue weighted by molar-refractivity contribution is 0.748. The molecule has 1 saturated heterocycles. The number of rotatable bonds is 2. The summed E-state index contributed by atoms with van der Waals surface area (Å²) in [6.45, 7) is 2.19. The fourth-order valence-electron chi connectivity index (χ4n) is 1.68. The van der Waals surface area contributed by atoms with Crippen LogP contribution in [0, 0.1) is 0 Å². The summed E-state index contributed by atoms with van der Waals surface area (Å²) in [6, 6.07) is 0. The molecule has 0 radical (unpaired) electrons. The van der Waals surface area contributed by atoms with Gasteiger partial charge in [-0.3, -0.25) is 0 Å². The number of aromatic nitrogens is 2. The van der Waals surface area contributed by atoms with Crippen LogP contribution in [0.4, 0.5) is 0 Å². The Labute approximate surface area is 128 Å². The molecule has 1 aliphatic rings. The van der Waals surface area contributed by atoms with Gasteiger partial charge in [-0.2, -0.15) is 11.8 Å². The molecular formula is C10H11BrCl2N2S2. The predicted octanol–water partition coefficient (Wildman–Crippen LogP) is 4.85. The van der Waals surface area contributed by atoms with E-state index in [-0.39, 0.29) is 0 Å². The van der Waals surface area contributed by atoms with Gasteiger partial charge >= 0.3 is 0 Å². The first-order valence-electron chi connectivity index (χ1n) is 5.25. The van der Waals surface area contributed by atoms with E-state index in [4.69, 9.17) is 23.2 Å². The molecule has 0 amide bonds. The van der Waals surface area contributed by atoms with E-state index < -0.39 is 0 Å². The predicted molar refractivity (Wildman–Crippen MR) is 81.5 cm³/mol. The Balaban J connectivity index is 2.32. The van der Waals surface area contributed by atoms with Crippen LogP contribution in [-0.2, 0) is 0 Å². The molecule has 94 valence electrons. The summed E-state index contributed by atoms with van der Waals surface area (Å²) >= 11 is 19.2. The molecule has 2 nitrogen and oxygen atoms in total. The molecule has 17 heavy (non-hydrogen) atoms. The fourth-order valence-corrected chi connectivity index (χ4v) is 5.25. The Morgan fingerprint density at radius 2 is 1.82 bits per heavy atom. The Morgan fingerprint density at radius 3 is 2.41 bits per heavy atom. The van der Waals surface area contributed by atoms with Gasteiger partial charge in [0.1, 0.15) is 16.1 Å². The molecular weight excluding hydrogens is 363 g/mol. The van der Waals surface area contributed by atoms with E-state index in [0.717, 1.165) is 18.0 Å². The second-order valence-electron chi connectivity index (χ2n) is 3.59. The maximum absolute atomic E-state index is 6.03. The second kappa shape index (κ2) is 6.33. The lowest BCUT2D eigenvalue weighted by atomic mass is 10.2. The molecule has 2 rings (SSSR count). The van der Waals surface area contributed by atoms with Crippen LogP contribution in [0.3, 0.4) is 0 Å². The van der Waals surface area contributed by atoms with Gasteiger partial charge in [0.25, 0.3) is 0 Å². The van der Waals surface area contributed by atoms with Gasteiger partial charge in [0.15, 0.2) is 0 Å². The van der Waals surface area contributed by atoms with Crippen molar-refractivity contribution in [1.29, 1.82) is 0 Å². The maximum atomic E-state index is 6.03. The normalized spacial score (nSPS) is 24.9. The summed E-state index contributed by atoms with van der Waals surface area (Å²) < 4.78 is 0.575. The Morgan fingerprint density at radius 1 is 1.24 bits per heavy atom. The molecule has 2 unspecified atom stereocenters. The van der Waals surface area contributed by atoms with E-state index in [1.165, 1.54) is 5.75 Å². The highest BCUT2D eigenvalue weighted by molar-refractivity contribution is 9.10. The monoisotopic (exact) mass is 372 g/mol. The molecule has 1 fully saturated rings. The molecule has 0 aliphatic carbocycles. The van der Waals surface area contributed by atoms with Gasteiger partial charge < -0.3 is 0 Å². The minimum absolute atomic E-state index is 0.293. The summed E-state index contributed by atoms with van der Waals surface area (Å²) in [7, 11) is 0. The van der Waals surface area contributed by atoms with Gasteiger partial charge in [-0.25, -0.2) is 9.97 Å². The quantitative estimate of drug-likeness (QED) is 0.692. The molecule has 1 aromatic heterocycles. The molecule has 0 aromatic carbocycles. The van der Waals surface area contributed by atoms with Crippen LogP contribution < -0.4 is 0 Å². The number of hydrogen-bond donors (Lipinski definition) is 0. The number of nitrogens with zero attached hydrogens (tertiary/aromatic N) is 2. The average molecular weight is 374 g/mol. The largest absolute Gasteiger partial charge is 0.219 e. The first-order valence-corrected chi connectivity index (χ1v) is 8.89. The summed E-state index contributed by atoms with van der Waals surface area (Å²) in [6.07, 6.45) is 1.11. The van der Waals surface area contributed by atoms with Gasteiger partial charge in [-0.1, -0.05) is 30.1 Å². The van der Waals surface area contributed by atoms with E-state index in [0.29, 0.717) is 25.3 Å². The van der Waals surface area contributed by atoms with Gasteiger partial charge in [0.2, 0.25) is 0 Å². The van der Waals surface area contributed by atoms with Gasteiger partial charge in [-0.05, 0) is 22.4 Å². The van der Waals surface area contributed by atoms with Gasteiger partial charge in [0.05, 0.1) is 9.72 Å². The lowest BCUT2D eigenvalue weighted by Crippen LogP contribution is -2.20. The third-order valence-corrected chi connectivity index (χ3v) is 7.49. The molecule has 1 aromatic rings. The van der Waals surface area contributed by atoms with Crippen molar-refractivity contribution in [3.8, 4) is 0 Å². The molecule has 1 aliphatic heterocycles. The molecule has 0 N–H and O–H groups in total. The van der Waals surface area contributed by atoms with Crippen molar-refractivity contribution >= 4 is 62.7 Å². The van der Waals surface area contributed by atoms with Crippen LogP contribution >= 0.6 is 62.7 Å². The van der Waals surface area contributed by atoms with Crippen molar-refractivity contribution in [3.05, 3.63) is 20.6 Å². The average Bonchev–Trinajstić information content (AvgIpc) is 2.35. The van der Waals surface area contributed by atoms with Crippen molar-refractivity contribution in [2.24, 2.45) is 0 Å². The Hall–Kier alpha value is 0.840. The van der Waals surface area contributed by atoms with Crippen LogP contribution in [0.25, 0.3) is 0 Å². The summed E-state index contributed by atoms with van der Waals surface area (Å²) in [4.78, 5) is 8.69. The maximum Gasteiger partial charge on any atom is 0.148 e. The third kappa shape index (κ3) is 3.24. The Bertz CT molecular complexity index is 396. The van der Waals surface area contributed by atoms with Crippen molar-refractivity contribution in [3.63, 3.8) is 0 Å². The summed E-state index contributed by atoms with van der Waals surface area (Å²) in [5.41, 5.74) is 0. The highest BCUT2D eigenvalue weighted by Crippen LogP contribution is 2.43. The zero-order valence-corrected chi connectivity index (χ0v) is 13.9. The van der Waals surface area contributed by atoms with Crippen LogP contribution in [0.5, 0.6) is 0 Å². The second-order valence-corrected chi connectivity index (χ2v) is 7.69. The van der Waals surface area contributed by atoms with Crippen molar-refractivity contribution < 1.29 is 0 Å². The molecule has 2 atom stereocenters. The van der Waals surface area contributed by atoms with Crippen molar-refractivity contribution in [1.82, 2.24) is 9.97 Å². The first-order chi connectivity index (χ1) is 8.13. The van der Waals surface area contributed by atoms with E-state index in [1.54, 1.807) is 0 Å². The van der Waals surface area contributed by atoms with Crippen molar-refractivity contribution in [2.75, 3.05) is 11.5 Å². The van der Waals surface area contributed by atoms with Crippen LogP contribution in [0.15, 0.2) is 4.47 Å². The number of thioether (sulfide) groups is 2. The van der Waals surface area contributed by atoms with Crippen LogP contribution in [0.1, 0.15) is 24.4 Å². The lowest BCUT2D eigenvalue weighted by Gasteiger charge is -2.28. The number of hydrogen-bond acceptors (Lipinski definition) is 4. The zero-order chi connectivity index (χ0) is 12.4. The minimum atomic E-state index is 0.293. The zero-order valence-electron chi connectivity index (χ0n) is 9.12. The minimum Gasteiger partial charge on any atom is -0.219 e. The molecule has 0 bridgehead atoms. The Kier molecular flexibility index (Phi) is 5.31. The standard InChI is InChI=1S/C10H11BrCl2N2S2/c1-2-5-7(17-4-3-16-5)10-14-8(12)6(11)9(13)15-10/h5,7H,2-4H2,1H3. The molecule has 0 spiro atoms. The van der Waals surface area contributed by atoms with E-state index in [1.807, 2.05) is 23.5 Å². The molecule has 2 heterocycles. The van der Waals surface area contributed by atoms with E-state index in [2.05, 4.69) is 32.8 Å². The number of halogens is 3. The van der Waals surface area contributed by atoms with Crippen LogP contribution in [-0.4, -0.2) is 26.7 Å². The third-order valence-electron chi connectivity index (χ3n) is 2.49. The van der Waals surface area contributed by atoms with E-state index in [9.17, 15) is 0 Å². The van der Waals surface area contributed by atoms with E-state index >= 15 is 0 Å². The molecule has 7 heteroatoms. The fraction of sp³-hybridized carbons (Fsp3) is 0.600. The first kappa shape index (κ1) is 14.3. The smallest absolute Gasteiger partial charge is 0.148 e. The highest BCUT2D eigenvalue weighted by atomic mass is 79.9. The topological polar surface area (TPSA) is 25.8 Å². The summed E-state index contributed by atoms with van der Waals surface area (Å²) in [5, 5.41) is 1.63. The van der Waals surface area contributed by atoms with Gasteiger partial charge in [0, 0.05) is 16.8 Å². The van der Waals surface area contributed by atoms with Crippen LogP contribution in [0.2, 0.25) is 10.3 Å².